The SMILES string of the molecule is Cc1[nH]c(=O)ncc1C(=O)OC(C)C. The van der Waals surface area contributed by atoms with E-state index in [-0.39, 0.29) is 6.10 Å². The average Bonchev–Trinajstić information content (AvgIpc) is 2.01. The van der Waals surface area contributed by atoms with Gasteiger partial charge in [0.2, 0.25) is 0 Å². The number of aromatic nitrogens is 2. The lowest BCUT2D eigenvalue weighted by Gasteiger charge is -2.08. The van der Waals surface area contributed by atoms with Crippen LogP contribution in [0.4, 0.5) is 0 Å². The van der Waals surface area contributed by atoms with E-state index >= 15 is 0 Å². The van der Waals surface area contributed by atoms with E-state index in [1.54, 1.807) is 20.8 Å². The number of carbonyl (C=O) groups excluding carboxylic acids is 1. The molecule has 5 heteroatoms. The van der Waals surface area contributed by atoms with Crippen molar-refractivity contribution in [3.05, 3.63) is 27.9 Å². The molecular formula is C9H12N2O3. The second kappa shape index (κ2) is 4.04. The minimum absolute atomic E-state index is 0.186. The van der Waals surface area contributed by atoms with Gasteiger partial charge in [0.25, 0.3) is 0 Å². The van der Waals surface area contributed by atoms with Gasteiger partial charge in [0, 0.05) is 11.9 Å². The minimum Gasteiger partial charge on any atom is -0.459 e. The number of aromatic amines is 1. The first kappa shape index (κ1) is 10.4. The van der Waals surface area contributed by atoms with Gasteiger partial charge in [-0.25, -0.2) is 14.6 Å². The van der Waals surface area contributed by atoms with Crippen LogP contribution in [0.3, 0.4) is 0 Å². The smallest absolute Gasteiger partial charge is 0.345 e. The second-order valence-corrected chi connectivity index (χ2v) is 3.18. The van der Waals surface area contributed by atoms with Crippen molar-refractivity contribution in [3.63, 3.8) is 0 Å². The predicted octanol–water partition coefficient (Wildman–Crippen LogP) is 0.644. The summed E-state index contributed by atoms with van der Waals surface area (Å²) in [5.41, 5.74) is 0.289. The highest BCUT2D eigenvalue weighted by atomic mass is 16.5. The fraction of sp³-hybridized carbons (Fsp3) is 0.444. The topological polar surface area (TPSA) is 72.0 Å². The molecule has 0 aliphatic carbocycles. The molecule has 1 heterocycles. The van der Waals surface area contributed by atoms with Crippen LogP contribution in [0.1, 0.15) is 29.9 Å². The number of nitrogens with zero attached hydrogens (tertiary/aromatic N) is 1. The maximum absolute atomic E-state index is 11.4. The molecule has 0 atom stereocenters. The number of aryl methyl sites for hydroxylation is 1. The molecule has 1 N–H and O–H groups in total. The molecule has 0 aliphatic heterocycles. The van der Waals surface area contributed by atoms with E-state index < -0.39 is 11.7 Å². The fourth-order valence-corrected chi connectivity index (χ4v) is 0.963. The summed E-state index contributed by atoms with van der Waals surface area (Å²) in [4.78, 5) is 28.1. The number of H-pyrrole nitrogens is 1. The minimum atomic E-state index is -0.471. The first-order chi connectivity index (χ1) is 6.50. The van der Waals surface area contributed by atoms with Crippen LogP contribution in [0.25, 0.3) is 0 Å². The zero-order valence-corrected chi connectivity index (χ0v) is 8.33. The summed E-state index contributed by atoms with van der Waals surface area (Å²) in [6, 6.07) is 0. The summed E-state index contributed by atoms with van der Waals surface area (Å²) in [6.07, 6.45) is 1.03. The molecule has 0 radical (unpaired) electrons. The van der Waals surface area contributed by atoms with E-state index in [1.807, 2.05) is 0 Å². The quantitative estimate of drug-likeness (QED) is 0.704. The largest absolute Gasteiger partial charge is 0.459 e. The maximum Gasteiger partial charge on any atom is 0.345 e. The van der Waals surface area contributed by atoms with Crippen molar-refractivity contribution in [1.29, 1.82) is 0 Å². The van der Waals surface area contributed by atoms with Crippen LogP contribution < -0.4 is 5.69 Å². The van der Waals surface area contributed by atoms with E-state index in [2.05, 4.69) is 9.97 Å². The summed E-state index contributed by atoms with van der Waals surface area (Å²) in [5, 5.41) is 0. The molecule has 1 aromatic heterocycles. The Hall–Kier alpha value is -1.65. The fourth-order valence-electron chi connectivity index (χ4n) is 0.963. The number of carbonyl (C=O) groups is 1. The Kier molecular flexibility index (Phi) is 3.01. The van der Waals surface area contributed by atoms with Crippen LogP contribution in [0, 0.1) is 6.92 Å². The monoisotopic (exact) mass is 196 g/mol. The number of nitrogens with one attached hydrogen (secondary N) is 1. The van der Waals surface area contributed by atoms with Gasteiger partial charge in [-0.05, 0) is 20.8 Å². The Morgan fingerprint density at radius 2 is 2.21 bits per heavy atom. The molecule has 0 aliphatic rings. The van der Waals surface area contributed by atoms with Gasteiger partial charge < -0.3 is 9.72 Å². The van der Waals surface area contributed by atoms with Gasteiger partial charge in [0.1, 0.15) is 0 Å². The van der Waals surface area contributed by atoms with Crippen molar-refractivity contribution >= 4 is 5.97 Å². The van der Waals surface area contributed by atoms with Crippen molar-refractivity contribution < 1.29 is 9.53 Å². The first-order valence-electron chi connectivity index (χ1n) is 4.27. The molecule has 5 nitrogen and oxygen atoms in total. The normalized spacial score (nSPS) is 10.3. The molecular weight excluding hydrogens is 184 g/mol. The molecule has 0 fully saturated rings. The van der Waals surface area contributed by atoms with Crippen LogP contribution in [-0.2, 0) is 4.74 Å². The third-order valence-corrected chi connectivity index (χ3v) is 1.57. The van der Waals surface area contributed by atoms with Gasteiger partial charge in [-0.15, -0.1) is 0 Å². The highest BCUT2D eigenvalue weighted by Crippen LogP contribution is 2.04. The van der Waals surface area contributed by atoms with Crippen molar-refractivity contribution in [3.8, 4) is 0 Å². The lowest BCUT2D eigenvalue weighted by Crippen LogP contribution is -2.18. The Morgan fingerprint density at radius 3 is 2.71 bits per heavy atom. The summed E-state index contributed by atoms with van der Waals surface area (Å²) in [6.45, 7) is 5.14. The molecule has 0 saturated heterocycles. The molecule has 14 heavy (non-hydrogen) atoms. The van der Waals surface area contributed by atoms with Crippen LogP contribution in [0.15, 0.2) is 11.0 Å². The molecule has 0 unspecified atom stereocenters. The van der Waals surface area contributed by atoms with Crippen molar-refractivity contribution in [2.75, 3.05) is 0 Å². The first-order valence-corrected chi connectivity index (χ1v) is 4.27. The third kappa shape index (κ3) is 2.42. The van der Waals surface area contributed by atoms with Gasteiger partial charge in [0.05, 0.1) is 11.7 Å². The van der Waals surface area contributed by atoms with E-state index in [9.17, 15) is 9.59 Å². The molecule has 0 amide bonds. The van der Waals surface area contributed by atoms with Crippen LogP contribution in [0.2, 0.25) is 0 Å². The predicted molar refractivity (Wildman–Crippen MR) is 50.1 cm³/mol. The molecule has 1 aromatic rings. The van der Waals surface area contributed by atoms with E-state index in [4.69, 9.17) is 4.74 Å². The Labute approximate surface area is 81.1 Å². The van der Waals surface area contributed by atoms with Gasteiger partial charge in [-0.3, -0.25) is 0 Å². The van der Waals surface area contributed by atoms with Crippen molar-refractivity contribution in [1.82, 2.24) is 9.97 Å². The number of ether oxygens (including phenoxy) is 1. The molecule has 0 aromatic carbocycles. The summed E-state index contributed by atoms with van der Waals surface area (Å²) in [7, 11) is 0. The molecule has 1 rings (SSSR count). The summed E-state index contributed by atoms with van der Waals surface area (Å²) < 4.78 is 4.96. The Balaban J connectivity index is 2.96. The zero-order valence-electron chi connectivity index (χ0n) is 8.33. The number of rotatable bonds is 2. The standard InChI is InChI=1S/C9H12N2O3/c1-5(2)14-8(12)7-4-10-9(13)11-6(7)3/h4-5H,1-3H3,(H,10,11,13). The van der Waals surface area contributed by atoms with Gasteiger partial charge >= 0.3 is 11.7 Å². The average molecular weight is 196 g/mol. The van der Waals surface area contributed by atoms with Crippen LogP contribution >= 0.6 is 0 Å². The number of esters is 1. The second-order valence-electron chi connectivity index (χ2n) is 3.18. The molecule has 0 saturated carbocycles. The maximum atomic E-state index is 11.4. The third-order valence-electron chi connectivity index (χ3n) is 1.57. The van der Waals surface area contributed by atoms with Gasteiger partial charge in [-0.2, -0.15) is 0 Å². The lowest BCUT2D eigenvalue weighted by molar-refractivity contribution is 0.0376. The van der Waals surface area contributed by atoms with Crippen LogP contribution in [0.5, 0.6) is 0 Å². The highest BCUT2D eigenvalue weighted by molar-refractivity contribution is 5.90. The zero-order chi connectivity index (χ0) is 10.7. The number of hydrogen-bond donors (Lipinski definition) is 1. The van der Waals surface area contributed by atoms with E-state index in [0.717, 1.165) is 0 Å². The van der Waals surface area contributed by atoms with Gasteiger partial charge in [-0.1, -0.05) is 0 Å². The number of hydrogen-bond acceptors (Lipinski definition) is 4. The van der Waals surface area contributed by atoms with E-state index in [1.165, 1.54) is 6.20 Å². The highest BCUT2D eigenvalue weighted by Gasteiger charge is 2.12. The van der Waals surface area contributed by atoms with Crippen molar-refractivity contribution in [2.45, 2.75) is 26.9 Å². The molecule has 76 valence electrons. The summed E-state index contributed by atoms with van der Waals surface area (Å²) in [5.74, 6) is -0.471. The lowest BCUT2D eigenvalue weighted by atomic mass is 10.2. The summed E-state index contributed by atoms with van der Waals surface area (Å²) >= 11 is 0. The molecule has 0 spiro atoms. The van der Waals surface area contributed by atoms with Crippen molar-refractivity contribution in [2.24, 2.45) is 0 Å². The van der Waals surface area contributed by atoms with Gasteiger partial charge in [0.15, 0.2) is 0 Å². The Bertz CT molecular complexity index is 395. The van der Waals surface area contributed by atoms with Crippen LogP contribution in [-0.4, -0.2) is 22.0 Å². The van der Waals surface area contributed by atoms with E-state index in [0.29, 0.717) is 11.3 Å². The molecule has 0 bridgehead atoms. The Morgan fingerprint density at radius 1 is 1.57 bits per heavy atom.